The molecule has 0 bridgehead atoms. The van der Waals surface area contributed by atoms with E-state index in [0.717, 1.165) is 0 Å². The fourth-order valence-corrected chi connectivity index (χ4v) is 1.92. The number of para-hydroxylation sites is 1. The number of carbonyl (C=O) groups excluding carboxylic acids is 3. The first kappa shape index (κ1) is 13.2. The van der Waals surface area contributed by atoms with Crippen LogP contribution in [0.1, 0.15) is 19.3 Å². The molecule has 1 aliphatic heterocycles. The van der Waals surface area contributed by atoms with Gasteiger partial charge in [0.2, 0.25) is 17.7 Å². The van der Waals surface area contributed by atoms with Gasteiger partial charge in [0.25, 0.3) is 0 Å². The van der Waals surface area contributed by atoms with Crippen LogP contribution in [0.25, 0.3) is 0 Å². The average molecular weight is 264 g/mol. The quantitative estimate of drug-likeness (QED) is 0.806. The molecule has 1 unspecified atom stereocenters. The van der Waals surface area contributed by atoms with Crippen molar-refractivity contribution in [2.45, 2.75) is 19.3 Å². The van der Waals surface area contributed by atoms with Gasteiger partial charge in [-0.3, -0.25) is 19.7 Å². The molecule has 0 radical (unpaired) electrons. The van der Waals surface area contributed by atoms with Crippen molar-refractivity contribution in [2.75, 3.05) is 5.32 Å². The minimum atomic E-state index is -0.538. The number of hydrogen-bond acceptors (Lipinski definition) is 3. The van der Waals surface area contributed by atoms with E-state index in [9.17, 15) is 18.8 Å². The first-order valence-corrected chi connectivity index (χ1v) is 5.94. The van der Waals surface area contributed by atoms with Gasteiger partial charge in [0.15, 0.2) is 0 Å². The smallest absolute Gasteiger partial charge is 0.230 e. The Morgan fingerprint density at radius 3 is 2.79 bits per heavy atom. The van der Waals surface area contributed by atoms with Gasteiger partial charge in [-0.2, -0.15) is 0 Å². The molecule has 1 fully saturated rings. The van der Waals surface area contributed by atoms with E-state index in [-0.39, 0.29) is 24.4 Å². The Bertz CT molecular complexity index is 530. The van der Waals surface area contributed by atoms with Crippen molar-refractivity contribution in [1.82, 2.24) is 5.32 Å². The van der Waals surface area contributed by atoms with Gasteiger partial charge in [-0.05, 0) is 18.6 Å². The molecule has 1 aromatic rings. The SMILES string of the molecule is O=C1CCC(CC(=O)Nc2ccccc2F)C(=O)N1. The molecule has 2 N–H and O–H groups in total. The lowest BCUT2D eigenvalue weighted by Gasteiger charge is -2.20. The van der Waals surface area contributed by atoms with Gasteiger partial charge in [0.05, 0.1) is 5.69 Å². The highest BCUT2D eigenvalue weighted by Gasteiger charge is 2.28. The summed E-state index contributed by atoms with van der Waals surface area (Å²) < 4.78 is 13.3. The Labute approximate surface area is 109 Å². The molecule has 3 amide bonds. The molecule has 6 heteroatoms. The van der Waals surface area contributed by atoms with E-state index in [0.29, 0.717) is 6.42 Å². The highest BCUT2D eigenvalue weighted by Crippen LogP contribution is 2.18. The van der Waals surface area contributed by atoms with Crippen molar-refractivity contribution < 1.29 is 18.8 Å². The van der Waals surface area contributed by atoms with Crippen LogP contribution in [0.5, 0.6) is 0 Å². The number of piperidine rings is 1. The fourth-order valence-electron chi connectivity index (χ4n) is 1.92. The normalized spacial score (nSPS) is 18.9. The second kappa shape index (κ2) is 5.60. The molecule has 0 aliphatic carbocycles. The van der Waals surface area contributed by atoms with Crippen molar-refractivity contribution in [3.8, 4) is 0 Å². The summed E-state index contributed by atoms with van der Waals surface area (Å²) in [5.74, 6) is -2.28. The molecular weight excluding hydrogens is 251 g/mol. The summed E-state index contributed by atoms with van der Waals surface area (Å²) in [4.78, 5) is 34.1. The Kier molecular flexibility index (Phi) is 3.89. The molecule has 1 saturated heterocycles. The van der Waals surface area contributed by atoms with E-state index in [1.165, 1.54) is 18.2 Å². The third-order valence-electron chi connectivity index (χ3n) is 2.93. The van der Waals surface area contributed by atoms with Crippen LogP contribution in [0.15, 0.2) is 24.3 Å². The monoisotopic (exact) mass is 264 g/mol. The summed E-state index contributed by atoms with van der Waals surface area (Å²) in [6, 6.07) is 5.80. The van der Waals surface area contributed by atoms with Crippen LogP contribution in [0.2, 0.25) is 0 Å². The fraction of sp³-hybridized carbons (Fsp3) is 0.308. The molecule has 100 valence electrons. The summed E-state index contributed by atoms with van der Waals surface area (Å²) in [6.07, 6.45) is 0.506. The second-order valence-electron chi connectivity index (χ2n) is 4.38. The molecule has 5 nitrogen and oxygen atoms in total. The van der Waals surface area contributed by atoms with Crippen LogP contribution in [-0.4, -0.2) is 17.7 Å². The molecule has 1 atom stereocenters. The van der Waals surface area contributed by atoms with E-state index in [1.807, 2.05) is 0 Å². The van der Waals surface area contributed by atoms with Crippen molar-refractivity contribution in [1.29, 1.82) is 0 Å². The summed E-state index contributed by atoms with van der Waals surface area (Å²) in [5, 5.41) is 4.59. The van der Waals surface area contributed by atoms with E-state index >= 15 is 0 Å². The Balaban J connectivity index is 1.93. The highest BCUT2D eigenvalue weighted by molar-refractivity contribution is 6.01. The summed E-state index contributed by atoms with van der Waals surface area (Å²) in [7, 11) is 0. The lowest BCUT2D eigenvalue weighted by molar-refractivity contribution is -0.138. The maximum Gasteiger partial charge on any atom is 0.230 e. The molecule has 0 saturated carbocycles. The molecular formula is C13H13FN2O3. The Morgan fingerprint density at radius 2 is 2.11 bits per heavy atom. The topological polar surface area (TPSA) is 75.3 Å². The zero-order valence-corrected chi connectivity index (χ0v) is 10.1. The highest BCUT2D eigenvalue weighted by atomic mass is 19.1. The van der Waals surface area contributed by atoms with Gasteiger partial charge >= 0.3 is 0 Å². The van der Waals surface area contributed by atoms with E-state index in [1.54, 1.807) is 6.07 Å². The van der Waals surface area contributed by atoms with E-state index < -0.39 is 23.5 Å². The first-order valence-electron chi connectivity index (χ1n) is 5.94. The summed E-state index contributed by atoms with van der Waals surface area (Å²) in [5.41, 5.74) is 0.0831. The number of anilines is 1. The van der Waals surface area contributed by atoms with Crippen molar-refractivity contribution in [2.24, 2.45) is 5.92 Å². The molecule has 1 aromatic carbocycles. The number of nitrogens with one attached hydrogen (secondary N) is 2. The number of amides is 3. The minimum Gasteiger partial charge on any atom is -0.324 e. The van der Waals surface area contributed by atoms with Crippen LogP contribution in [0.3, 0.4) is 0 Å². The van der Waals surface area contributed by atoms with Crippen LogP contribution >= 0.6 is 0 Å². The molecule has 1 heterocycles. The van der Waals surface area contributed by atoms with Gasteiger partial charge in [-0.1, -0.05) is 12.1 Å². The van der Waals surface area contributed by atoms with Gasteiger partial charge in [0.1, 0.15) is 5.82 Å². The average Bonchev–Trinajstić information content (AvgIpc) is 2.36. The molecule has 2 rings (SSSR count). The minimum absolute atomic E-state index is 0.0621. The first-order chi connectivity index (χ1) is 9.06. The number of halogens is 1. The lowest BCUT2D eigenvalue weighted by atomic mass is 9.94. The van der Waals surface area contributed by atoms with Crippen LogP contribution in [0.4, 0.5) is 10.1 Å². The zero-order valence-electron chi connectivity index (χ0n) is 10.1. The summed E-state index contributed by atoms with van der Waals surface area (Å²) in [6.45, 7) is 0. The van der Waals surface area contributed by atoms with Crippen molar-refractivity contribution in [3.05, 3.63) is 30.1 Å². The van der Waals surface area contributed by atoms with Gasteiger partial charge in [-0.15, -0.1) is 0 Å². The third kappa shape index (κ3) is 3.37. The summed E-state index contributed by atoms with van der Waals surface area (Å²) >= 11 is 0. The number of hydrogen-bond donors (Lipinski definition) is 2. The zero-order chi connectivity index (χ0) is 13.8. The number of rotatable bonds is 3. The molecule has 0 aromatic heterocycles. The van der Waals surface area contributed by atoms with E-state index in [4.69, 9.17) is 0 Å². The second-order valence-corrected chi connectivity index (χ2v) is 4.38. The molecule has 0 spiro atoms. The maximum atomic E-state index is 13.3. The number of imide groups is 1. The largest absolute Gasteiger partial charge is 0.324 e. The predicted molar refractivity (Wildman–Crippen MR) is 65.5 cm³/mol. The molecule has 19 heavy (non-hydrogen) atoms. The van der Waals surface area contributed by atoms with Gasteiger partial charge < -0.3 is 5.32 Å². The number of benzene rings is 1. The standard InChI is InChI=1S/C13H13FN2O3/c14-9-3-1-2-4-10(9)15-12(18)7-8-5-6-11(17)16-13(8)19/h1-4,8H,5-7H2,(H,15,18)(H,16,17,19). The van der Waals surface area contributed by atoms with Gasteiger partial charge in [0, 0.05) is 18.8 Å². The van der Waals surface area contributed by atoms with Gasteiger partial charge in [-0.25, -0.2) is 4.39 Å². The van der Waals surface area contributed by atoms with Crippen LogP contribution < -0.4 is 10.6 Å². The van der Waals surface area contributed by atoms with Crippen LogP contribution in [-0.2, 0) is 14.4 Å². The Hall–Kier alpha value is -2.24. The predicted octanol–water partition coefficient (Wildman–Crippen LogP) is 1.21. The Morgan fingerprint density at radius 1 is 1.37 bits per heavy atom. The third-order valence-corrected chi connectivity index (χ3v) is 2.93. The van der Waals surface area contributed by atoms with Crippen molar-refractivity contribution >= 4 is 23.4 Å². The number of carbonyl (C=O) groups is 3. The van der Waals surface area contributed by atoms with E-state index in [2.05, 4.69) is 10.6 Å². The van der Waals surface area contributed by atoms with Crippen LogP contribution in [0, 0.1) is 11.7 Å². The lowest BCUT2D eigenvalue weighted by Crippen LogP contribution is -2.41. The maximum absolute atomic E-state index is 13.3. The molecule has 1 aliphatic rings. The van der Waals surface area contributed by atoms with Crippen molar-refractivity contribution in [3.63, 3.8) is 0 Å².